The summed E-state index contributed by atoms with van der Waals surface area (Å²) in [7, 11) is -4.86. The van der Waals surface area contributed by atoms with Crippen molar-refractivity contribution in [3.8, 4) is 0 Å². The molecule has 1 N–H and O–H groups in total. The molecule has 0 spiro atoms. The predicted octanol–water partition coefficient (Wildman–Crippen LogP) is 4.30. The van der Waals surface area contributed by atoms with E-state index in [9.17, 15) is 12.6 Å². The van der Waals surface area contributed by atoms with E-state index in [0.717, 1.165) is 10.9 Å². The Morgan fingerprint density at radius 1 is 1.04 bits per heavy atom. The second-order valence-corrected chi connectivity index (χ2v) is 11.7. The molecule has 28 heavy (non-hydrogen) atoms. The maximum absolute atomic E-state index is 13.1. The van der Waals surface area contributed by atoms with Crippen LogP contribution in [0.25, 0.3) is 10.9 Å². The summed E-state index contributed by atoms with van der Waals surface area (Å²) in [5, 5.41) is 0.838. The van der Waals surface area contributed by atoms with Crippen molar-refractivity contribution in [3.05, 3.63) is 65.9 Å². The van der Waals surface area contributed by atoms with E-state index in [4.69, 9.17) is 0 Å². The van der Waals surface area contributed by atoms with Gasteiger partial charge < -0.3 is 0 Å². The Labute approximate surface area is 169 Å². The van der Waals surface area contributed by atoms with Crippen LogP contribution in [0.2, 0.25) is 0 Å². The molecule has 5 nitrogen and oxygen atoms in total. The number of aromatic nitrogens is 1. The number of nitrogens with zero attached hydrogens (tertiary/aromatic N) is 1. The molecule has 0 unspecified atom stereocenters. The SMILES string of the molecule is Cc1cc2cc([C@@H](C)N[S@@](=O)C(C)(C)C)ccc2n1S(=O)(=O)c1ccccc1. The molecule has 2 atom stereocenters. The smallest absolute Gasteiger partial charge is 0.242 e. The van der Waals surface area contributed by atoms with Crippen LogP contribution >= 0.6 is 0 Å². The fourth-order valence-electron chi connectivity index (χ4n) is 3.04. The molecule has 0 fully saturated rings. The zero-order chi connectivity index (χ0) is 20.7. The second kappa shape index (κ2) is 7.46. The maximum Gasteiger partial charge on any atom is 0.268 e. The second-order valence-electron chi connectivity index (χ2n) is 7.91. The first-order valence-corrected chi connectivity index (χ1v) is 11.7. The lowest BCUT2D eigenvalue weighted by Gasteiger charge is -2.22. The number of hydrogen-bond acceptors (Lipinski definition) is 3. The van der Waals surface area contributed by atoms with Crippen molar-refractivity contribution in [2.75, 3.05) is 0 Å². The van der Waals surface area contributed by atoms with Crippen LogP contribution in [0.3, 0.4) is 0 Å². The lowest BCUT2D eigenvalue weighted by Crippen LogP contribution is -2.34. The molecule has 0 radical (unpaired) electrons. The third-order valence-corrected chi connectivity index (χ3v) is 8.09. The average molecular weight is 419 g/mol. The molecule has 0 saturated carbocycles. The van der Waals surface area contributed by atoms with Crippen LogP contribution in [0.1, 0.15) is 45.0 Å². The Morgan fingerprint density at radius 2 is 1.68 bits per heavy atom. The summed E-state index contributed by atoms with van der Waals surface area (Å²) in [5.74, 6) is 0. The van der Waals surface area contributed by atoms with Crippen LogP contribution in [-0.2, 0) is 21.0 Å². The van der Waals surface area contributed by atoms with Gasteiger partial charge in [-0.15, -0.1) is 0 Å². The van der Waals surface area contributed by atoms with Crippen LogP contribution in [0.5, 0.6) is 0 Å². The Hall–Kier alpha value is -1.96. The number of benzene rings is 2. The molecular formula is C21H26N2O3S2. The third-order valence-electron chi connectivity index (χ3n) is 4.58. The summed E-state index contributed by atoms with van der Waals surface area (Å²) >= 11 is 0. The maximum atomic E-state index is 13.1. The standard InChI is InChI=1S/C21H26N2O3S2/c1-15-13-18-14-17(16(2)22-27(24)21(3,4)5)11-12-20(18)23(15)28(25,26)19-9-7-6-8-10-19/h6-14,16,22H,1-5H3/t16-,27+/m1/s1. The topological polar surface area (TPSA) is 68.2 Å². The fourth-order valence-corrected chi connectivity index (χ4v) is 5.42. The Kier molecular flexibility index (Phi) is 5.53. The van der Waals surface area contributed by atoms with Gasteiger partial charge in [0.2, 0.25) is 0 Å². The summed E-state index contributed by atoms with van der Waals surface area (Å²) in [6, 6.07) is 15.8. The number of aryl methyl sites for hydroxylation is 1. The first-order valence-electron chi connectivity index (χ1n) is 9.12. The van der Waals surface area contributed by atoms with E-state index < -0.39 is 21.0 Å². The average Bonchev–Trinajstić information content (AvgIpc) is 2.97. The van der Waals surface area contributed by atoms with Crippen LogP contribution in [-0.4, -0.2) is 21.3 Å². The Balaban J connectivity index is 2.02. The van der Waals surface area contributed by atoms with Gasteiger partial charge >= 0.3 is 0 Å². The fraction of sp³-hybridized carbons (Fsp3) is 0.333. The Bertz CT molecular complexity index is 1130. The summed E-state index contributed by atoms with van der Waals surface area (Å²) in [4.78, 5) is 0.260. The van der Waals surface area contributed by atoms with Crippen molar-refractivity contribution >= 4 is 31.9 Å². The van der Waals surface area contributed by atoms with Crippen LogP contribution < -0.4 is 4.72 Å². The molecule has 0 aliphatic rings. The van der Waals surface area contributed by atoms with Gasteiger partial charge in [-0.3, -0.25) is 0 Å². The molecule has 1 heterocycles. The molecular weight excluding hydrogens is 392 g/mol. The summed E-state index contributed by atoms with van der Waals surface area (Å²) < 4.78 is 42.8. The number of hydrogen-bond donors (Lipinski definition) is 1. The van der Waals surface area contributed by atoms with Crippen molar-refractivity contribution in [1.82, 2.24) is 8.69 Å². The zero-order valence-electron chi connectivity index (χ0n) is 16.8. The van der Waals surface area contributed by atoms with Gasteiger partial charge in [-0.1, -0.05) is 24.3 Å². The molecule has 0 saturated heterocycles. The largest absolute Gasteiger partial charge is 0.268 e. The first-order chi connectivity index (χ1) is 13.0. The van der Waals surface area contributed by atoms with Gasteiger partial charge in [-0.05, 0) is 70.5 Å². The number of fused-ring (bicyclic) bond motifs is 1. The minimum atomic E-state index is -3.67. The third kappa shape index (κ3) is 3.92. The predicted molar refractivity (Wildman–Crippen MR) is 115 cm³/mol. The lowest BCUT2D eigenvalue weighted by atomic mass is 10.1. The van der Waals surface area contributed by atoms with Crippen molar-refractivity contribution in [2.45, 2.75) is 50.3 Å². The minimum absolute atomic E-state index is 0.126. The van der Waals surface area contributed by atoms with Gasteiger partial charge in [0.15, 0.2) is 0 Å². The van der Waals surface area contributed by atoms with Gasteiger partial charge in [-0.25, -0.2) is 21.3 Å². The zero-order valence-corrected chi connectivity index (χ0v) is 18.4. The van der Waals surface area contributed by atoms with Gasteiger partial charge in [0.1, 0.15) is 0 Å². The van der Waals surface area contributed by atoms with Crippen LogP contribution in [0, 0.1) is 6.92 Å². The van der Waals surface area contributed by atoms with E-state index in [1.165, 1.54) is 3.97 Å². The van der Waals surface area contributed by atoms with Crippen molar-refractivity contribution < 1.29 is 12.6 Å². The van der Waals surface area contributed by atoms with Gasteiger partial charge in [0.25, 0.3) is 10.0 Å². The molecule has 3 aromatic rings. The summed E-state index contributed by atoms with van der Waals surface area (Å²) in [5.41, 5.74) is 2.24. The summed E-state index contributed by atoms with van der Waals surface area (Å²) in [6.45, 7) is 9.50. The van der Waals surface area contributed by atoms with Gasteiger partial charge in [0.05, 0.1) is 26.1 Å². The highest BCUT2D eigenvalue weighted by molar-refractivity contribution is 7.90. The van der Waals surface area contributed by atoms with Crippen LogP contribution in [0.15, 0.2) is 59.5 Å². The molecule has 0 bridgehead atoms. The van der Waals surface area contributed by atoms with E-state index in [-0.39, 0.29) is 15.7 Å². The van der Waals surface area contributed by atoms with E-state index in [0.29, 0.717) is 11.2 Å². The van der Waals surface area contributed by atoms with Crippen molar-refractivity contribution in [3.63, 3.8) is 0 Å². The highest BCUT2D eigenvalue weighted by atomic mass is 32.2. The highest BCUT2D eigenvalue weighted by Gasteiger charge is 2.24. The molecule has 3 rings (SSSR count). The van der Waals surface area contributed by atoms with Gasteiger partial charge in [-0.2, -0.15) is 0 Å². The lowest BCUT2D eigenvalue weighted by molar-refractivity contribution is 0.588. The monoisotopic (exact) mass is 418 g/mol. The summed E-state index contributed by atoms with van der Waals surface area (Å²) in [6.07, 6.45) is 0. The molecule has 7 heteroatoms. The highest BCUT2D eigenvalue weighted by Crippen LogP contribution is 2.28. The molecule has 150 valence electrons. The number of rotatable bonds is 5. The molecule has 0 amide bonds. The van der Waals surface area contributed by atoms with Crippen molar-refractivity contribution in [2.24, 2.45) is 0 Å². The molecule has 0 aliphatic carbocycles. The quantitative estimate of drug-likeness (QED) is 0.672. The minimum Gasteiger partial charge on any atom is -0.242 e. The first kappa shape index (κ1) is 20.8. The van der Waals surface area contributed by atoms with E-state index in [2.05, 4.69) is 4.72 Å². The van der Waals surface area contributed by atoms with Crippen molar-refractivity contribution in [1.29, 1.82) is 0 Å². The number of nitrogens with one attached hydrogen (secondary N) is 1. The Morgan fingerprint density at radius 3 is 2.29 bits per heavy atom. The normalized spacial score (nSPS) is 14.9. The van der Waals surface area contributed by atoms with E-state index in [1.807, 2.05) is 52.0 Å². The molecule has 0 aliphatic heterocycles. The van der Waals surface area contributed by atoms with Gasteiger partial charge in [0, 0.05) is 17.1 Å². The van der Waals surface area contributed by atoms with Crippen LogP contribution in [0.4, 0.5) is 0 Å². The molecule has 2 aromatic carbocycles. The molecule has 1 aromatic heterocycles. The van der Waals surface area contributed by atoms with E-state index in [1.54, 1.807) is 37.3 Å². The van der Waals surface area contributed by atoms with E-state index >= 15 is 0 Å².